The van der Waals surface area contributed by atoms with Gasteiger partial charge in [-0.15, -0.1) is 0 Å². The lowest BCUT2D eigenvalue weighted by atomic mass is 10.1. The molecule has 2 heterocycles. The number of ether oxygens (including phenoxy) is 1. The molecule has 1 saturated heterocycles. The summed E-state index contributed by atoms with van der Waals surface area (Å²) in [4.78, 5) is 15.7. The lowest BCUT2D eigenvalue weighted by molar-refractivity contribution is 0.0595. The number of hydrogen-bond acceptors (Lipinski definition) is 5. The van der Waals surface area contributed by atoms with Crippen molar-refractivity contribution in [1.29, 1.82) is 0 Å². The smallest absolute Gasteiger partial charge is 0.360 e. The number of esters is 1. The fraction of sp³-hybridized carbons (Fsp3) is 0.636. The Kier molecular flexibility index (Phi) is 3.70. The van der Waals surface area contributed by atoms with E-state index in [1.807, 2.05) is 11.5 Å². The van der Waals surface area contributed by atoms with Gasteiger partial charge in [0.2, 0.25) is 0 Å². The molecule has 0 bridgehead atoms. The van der Waals surface area contributed by atoms with Gasteiger partial charge in [0, 0.05) is 28.3 Å². The quantitative estimate of drug-likeness (QED) is 0.798. The molecule has 0 aromatic carbocycles. The van der Waals surface area contributed by atoms with Crippen LogP contribution in [0.1, 0.15) is 35.2 Å². The zero-order chi connectivity index (χ0) is 13.3. The molecule has 1 aliphatic rings. The maximum Gasteiger partial charge on any atom is 0.360 e. The molecular weight excluding hydrogens is 254 g/mol. The van der Waals surface area contributed by atoms with Crippen molar-refractivity contribution in [2.24, 2.45) is 0 Å². The molecule has 0 radical (unpaired) electrons. The van der Waals surface area contributed by atoms with Crippen LogP contribution in [0.25, 0.3) is 0 Å². The number of carbonyl (C=O) groups excluding carboxylic acids is 1. The number of nitrogen functional groups attached to an aromatic ring is 1. The predicted octanol–water partition coefficient (Wildman–Crippen LogP) is 0.644. The van der Waals surface area contributed by atoms with E-state index in [0.717, 1.165) is 12.8 Å². The Morgan fingerprint density at radius 3 is 2.67 bits per heavy atom. The lowest BCUT2D eigenvalue weighted by Gasteiger charge is -2.24. The van der Waals surface area contributed by atoms with Gasteiger partial charge < -0.3 is 15.0 Å². The number of anilines is 1. The first-order valence-corrected chi connectivity index (χ1v) is 7.31. The summed E-state index contributed by atoms with van der Waals surface area (Å²) in [5, 5.41) is 0. The summed E-state index contributed by atoms with van der Waals surface area (Å²) in [6, 6.07) is 0.175. The molecule has 0 saturated carbocycles. The van der Waals surface area contributed by atoms with Crippen LogP contribution in [0.3, 0.4) is 0 Å². The summed E-state index contributed by atoms with van der Waals surface area (Å²) in [7, 11) is 0.588. The van der Waals surface area contributed by atoms with Crippen molar-refractivity contribution in [2.75, 3.05) is 24.3 Å². The number of methoxy groups -OCH3 is 1. The van der Waals surface area contributed by atoms with Crippen LogP contribution < -0.4 is 5.73 Å². The van der Waals surface area contributed by atoms with Gasteiger partial charge in [-0.2, -0.15) is 0 Å². The molecule has 0 aliphatic carbocycles. The minimum absolute atomic E-state index is 0.168. The normalized spacial score (nSPS) is 23.9. The maximum atomic E-state index is 11.5. The third-order valence-electron chi connectivity index (χ3n) is 3.23. The van der Waals surface area contributed by atoms with E-state index in [0.29, 0.717) is 23.1 Å². The molecule has 2 N–H and O–H groups in total. The number of carbonyl (C=O) groups is 1. The van der Waals surface area contributed by atoms with Gasteiger partial charge in [-0.3, -0.25) is 4.21 Å². The van der Waals surface area contributed by atoms with E-state index in [-0.39, 0.29) is 11.7 Å². The highest BCUT2D eigenvalue weighted by molar-refractivity contribution is 7.85. The molecule has 1 fully saturated rings. The SMILES string of the molecule is COC(=O)c1nc(C)n(C2CCS(=O)CC2)c1N. The number of imidazole rings is 1. The molecule has 100 valence electrons. The van der Waals surface area contributed by atoms with Crippen LogP contribution in [0.15, 0.2) is 0 Å². The van der Waals surface area contributed by atoms with Crippen LogP contribution in [-0.4, -0.2) is 38.3 Å². The summed E-state index contributed by atoms with van der Waals surface area (Å²) >= 11 is 0. The third-order valence-corrected chi connectivity index (χ3v) is 4.61. The van der Waals surface area contributed by atoms with Crippen LogP contribution in [0.2, 0.25) is 0 Å². The van der Waals surface area contributed by atoms with Gasteiger partial charge >= 0.3 is 5.97 Å². The van der Waals surface area contributed by atoms with E-state index in [1.165, 1.54) is 7.11 Å². The van der Waals surface area contributed by atoms with Crippen molar-refractivity contribution in [3.8, 4) is 0 Å². The van der Waals surface area contributed by atoms with E-state index in [2.05, 4.69) is 9.72 Å². The van der Waals surface area contributed by atoms with E-state index in [9.17, 15) is 9.00 Å². The van der Waals surface area contributed by atoms with Gasteiger partial charge in [-0.1, -0.05) is 0 Å². The molecule has 7 heteroatoms. The molecule has 0 amide bonds. The van der Waals surface area contributed by atoms with Gasteiger partial charge in [0.25, 0.3) is 0 Å². The average Bonchev–Trinajstić information content (AvgIpc) is 2.65. The summed E-state index contributed by atoms with van der Waals surface area (Å²) in [6.07, 6.45) is 1.60. The second-order valence-corrected chi connectivity index (χ2v) is 6.03. The highest BCUT2D eigenvalue weighted by atomic mass is 32.2. The molecule has 0 atom stereocenters. The molecule has 1 aromatic rings. The maximum absolute atomic E-state index is 11.5. The monoisotopic (exact) mass is 271 g/mol. The number of rotatable bonds is 2. The highest BCUT2D eigenvalue weighted by Gasteiger charge is 2.26. The summed E-state index contributed by atoms with van der Waals surface area (Å²) < 4.78 is 17.9. The number of nitrogens with two attached hydrogens (primary N) is 1. The molecule has 18 heavy (non-hydrogen) atoms. The molecule has 0 spiro atoms. The van der Waals surface area contributed by atoms with Crippen molar-refractivity contribution in [2.45, 2.75) is 25.8 Å². The van der Waals surface area contributed by atoms with Gasteiger partial charge in [0.05, 0.1) is 7.11 Å². The fourth-order valence-corrected chi connectivity index (χ4v) is 3.58. The minimum Gasteiger partial charge on any atom is -0.464 e. The molecule has 1 aromatic heterocycles. The lowest BCUT2D eigenvalue weighted by Crippen LogP contribution is -2.23. The first kappa shape index (κ1) is 13.1. The molecule has 1 aliphatic heterocycles. The third kappa shape index (κ3) is 2.27. The molecular formula is C11H17N3O3S. The number of aryl methyl sites for hydroxylation is 1. The Labute approximate surface area is 108 Å². The van der Waals surface area contributed by atoms with Gasteiger partial charge in [-0.05, 0) is 19.8 Å². The second kappa shape index (κ2) is 5.09. The first-order valence-electron chi connectivity index (χ1n) is 5.82. The van der Waals surface area contributed by atoms with E-state index in [1.54, 1.807) is 0 Å². The standard InChI is InChI=1S/C11H17N3O3S/c1-7-13-9(11(15)17-2)10(12)14(7)8-3-5-18(16)6-4-8/h8H,3-6,12H2,1-2H3. The zero-order valence-electron chi connectivity index (χ0n) is 10.5. The van der Waals surface area contributed by atoms with E-state index < -0.39 is 16.8 Å². The molecule has 0 unspecified atom stereocenters. The number of aromatic nitrogens is 2. The first-order chi connectivity index (χ1) is 8.54. The summed E-state index contributed by atoms with van der Waals surface area (Å²) in [6.45, 7) is 1.81. The second-order valence-electron chi connectivity index (χ2n) is 4.33. The Balaban J connectivity index is 2.31. The van der Waals surface area contributed by atoms with Crippen molar-refractivity contribution < 1.29 is 13.7 Å². The average molecular weight is 271 g/mol. The van der Waals surface area contributed by atoms with E-state index in [4.69, 9.17) is 5.73 Å². The highest BCUT2D eigenvalue weighted by Crippen LogP contribution is 2.28. The van der Waals surface area contributed by atoms with Crippen molar-refractivity contribution in [3.05, 3.63) is 11.5 Å². The van der Waals surface area contributed by atoms with Crippen molar-refractivity contribution in [3.63, 3.8) is 0 Å². The molecule has 6 nitrogen and oxygen atoms in total. The van der Waals surface area contributed by atoms with Crippen LogP contribution in [0.5, 0.6) is 0 Å². The van der Waals surface area contributed by atoms with Crippen LogP contribution in [-0.2, 0) is 15.5 Å². The zero-order valence-corrected chi connectivity index (χ0v) is 11.3. The number of hydrogen-bond donors (Lipinski definition) is 1. The predicted molar refractivity (Wildman–Crippen MR) is 68.9 cm³/mol. The van der Waals surface area contributed by atoms with Crippen LogP contribution in [0.4, 0.5) is 5.82 Å². The molecule has 2 rings (SSSR count). The van der Waals surface area contributed by atoms with E-state index >= 15 is 0 Å². The summed E-state index contributed by atoms with van der Waals surface area (Å²) in [5.41, 5.74) is 6.14. The van der Waals surface area contributed by atoms with Crippen molar-refractivity contribution >= 4 is 22.6 Å². The Morgan fingerprint density at radius 2 is 2.11 bits per heavy atom. The minimum atomic E-state index is -0.718. The van der Waals surface area contributed by atoms with Gasteiger partial charge in [0.15, 0.2) is 5.69 Å². The van der Waals surface area contributed by atoms with Crippen LogP contribution >= 0.6 is 0 Å². The van der Waals surface area contributed by atoms with Gasteiger partial charge in [-0.25, -0.2) is 9.78 Å². The fourth-order valence-electron chi connectivity index (χ4n) is 2.31. The summed E-state index contributed by atoms with van der Waals surface area (Å²) in [5.74, 6) is 1.88. The number of nitrogens with zero attached hydrogens (tertiary/aromatic N) is 2. The Hall–Kier alpha value is -1.37. The topological polar surface area (TPSA) is 87.2 Å². The van der Waals surface area contributed by atoms with Crippen molar-refractivity contribution in [1.82, 2.24) is 9.55 Å². The Morgan fingerprint density at radius 1 is 1.50 bits per heavy atom. The Bertz CT molecular complexity index is 488. The van der Waals surface area contributed by atoms with Gasteiger partial charge in [0.1, 0.15) is 11.6 Å². The largest absolute Gasteiger partial charge is 0.464 e. The van der Waals surface area contributed by atoms with Crippen LogP contribution in [0, 0.1) is 6.92 Å².